The smallest absolute Gasteiger partial charge is 0.330 e. The Bertz CT molecular complexity index is 38.7. The van der Waals surface area contributed by atoms with Gasteiger partial charge in [0, 0.05) is 0 Å². The molecular formula is C4H9ClO2. The molecule has 0 aromatic carbocycles. The molecule has 3 heteroatoms. The van der Waals surface area contributed by atoms with E-state index >= 15 is 0 Å². The molecule has 44 valence electrons. The molecule has 0 spiro atoms. The lowest BCUT2D eigenvalue weighted by molar-refractivity contribution is -1.27. The van der Waals surface area contributed by atoms with Crippen LogP contribution >= 0.6 is 0 Å². The average Bonchev–Trinajstić information content (AvgIpc) is 1.61. The van der Waals surface area contributed by atoms with Gasteiger partial charge in [0.1, 0.15) is 6.61 Å². The van der Waals surface area contributed by atoms with Crippen LogP contribution in [-0.4, -0.2) is 6.61 Å². The maximum absolute atomic E-state index is 9.47. The van der Waals surface area contributed by atoms with E-state index in [1.54, 1.807) is 0 Å². The molecule has 0 amide bonds. The van der Waals surface area contributed by atoms with Crippen LogP contribution < -0.4 is 4.66 Å². The fourth-order valence-electron chi connectivity index (χ4n) is 0.152. The van der Waals surface area contributed by atoms with Crippen molar-refractivity contribution in [2.75, 3.05) is 6.61 Å². The molecule has 0 aromatic heterocycles. The number of halogens is 1. The van der Waals surface area contributed by atoms with E-state index < -0.39 is 0 Å². The first-order valence-corrected chi connectivity index (χ1v) is 2.78. The van der Waals surface area contributed by atoms with Gasteiger partial charge in [-0.1, -0.05) is 13.8 Å². The summed E-state index contributed by atoms with van der Waals surface area (Å²) in [5.41, 5.74) is 0. The zero-order valence-corrected chi connectivity index (χ0v) is 5.23. The lowest BCUT2D eigenvalue weighted by Gasteiger charge is -1.93. The molecule has 0 saturated heterocycles. The largest absolute Gasteiger partial charge is 0.506 e. The standard InChI is InChI=1S/C4H9ClO2/c1-4(2)3-7-5-6/h4H,3H2,1-2H3. The Hall–Kier alpha value is 0.210. The third-order valence-electron chi connectivity index (χ3n) is 0.441. The second-order valence-corrected chi connectivity index (χ2v) is 2.08. The van der Waals surface area contributed by atoms with Gasteiger partial charge in [-0.05, 0) is 5.92 Å². The summed E-state index contributed by atoms with van der Waals surface area (Å²) in [4.78, 5) is 0. The fraction of sp³-hybridized carbons (Fsp3) is 1.00. The molecule has 0 radical (unpaired) electrons. The van der Waals surface area contributed by atoms with Gasteiger partial charge in [0.2, 0.25) is 0 Å². The molecule has 0 aliphatic rings. The monoisotopic (exact) mass is 124 g/mol. The lowest BCUT2D eigenvalue weighted by atomic mass is 10.2. The molecule has 0 aliphatic carbocycles. The van der Waals surface area contributed by atoms with Gasteiger partial charge in [0.05, 0.1) is 0 Å². The highest BCUT2D eigenvalue weighted by molar-refractivity contribution is 4.33. The van der Waals surface area contributed by atoms with E-state index in [1.807, 2.05) is 13.8 Å². The Morgan fingerprint density at radius 1 is 1.71 bits per heavy atom. The van der Waals surface area contributed by atoms with Crippen molar-refractivity contribution in [1.29, 1.82) is 0 Å². The van der Waals surface area contributed by atoms with Gasteiger partial charge >= 0.3 is 11.3 Å². The molecule has 0 rings (SSSR count). The molecular weight excluding hydrogens is 115 g/mol. The lowest BCUT2D eigenvalue weighted by Crippen LogP contribution is -2.08. The average molecular weight is 125 g/mol. The van der Waals surface area contributed by atoms with Crippen molar-refractivity contribution in [2.45, 2.75) is 13.8 Å². The minimum atomic E-state index is 0.446. The van der Waals surface area contributed by atoms with Gasteiger partial charge in [-0.2, -0.15) is 0 Å². The minimum Gasteiger partial charge on any atom is -0.506 e. The van der Waals surface area contributed by atoms with E-state index in [2.05, 4.69) is 4.29 Å². The summed E-state index contributed by atoms with van der Waals surface area (Å²) in [7, 11) is 0. The Labute approximate surface area is 47.5 Å². The molecule has 0 bridgehead atoms. The van der Waals surface area contributed by atoms with E-state index in [-0.39, 0.29) is 0 Å². The summed E-state index contributed by atoms with van der Waals surface area (Å²) in [6.45, 7) is 4.50. The zero-order valence-electron chi connectivity index (χ0n) is 4.48. The Balaban J connectivity index is 2.68. The van der Waals surface area contributed by atoms with Crippen LogP contribution in [0.4, 0.5) is 0 Å². The van der Waals surface area contributed by atoms with E-state index in [0.717, 1.165) is 0 Å². The maximum atomic E-state index is 9.47. The normalized spacial score (nSPS) is 10.3. The van der Waals surface area contributed by atoms with Crippen LogP contribution in [0.3, 0.4) is 0 Å². The van der Waals surface area contributed by atoms with E-state index in [9.17, 15) is 4.66 Å². The first-order valence-electron chi connectivity index (χ1n) is 2.16. The second-order valence-electron chi connectivity index (χ2n) is 1.73. The first-order chi connectivity index (χ1) is 3.27. The van der Waals surface area contributed by atoms with Gasteiger partial charge in [-0.25, -0.2) is 0 Å². The molecule has 0 aliphatic heterocycles. The van der Waals surface area contributed by atoms with Crippen LogP contribution in [0.25, 0.3) is 0 Å². The second kappa shape index (κ2) is 4.37. The summed E-state index contributed by atoms with van der Waals surface area (Å²) in [6.07, 6.45) is 0. The minimum absolute atomic E-state index is 0.446. The molecule has 0 heterocycles. The molecule has 0 atom stereocenters. The van der Waals surface area contributed by atoms with Gasteiger partial charge in [0.15, 0.2) is 0 Å². The SMILES string of the molecule is CC(C)CO[Cl+][O-]. The van der Waals surface area contributed by atoms with Crippen molar-refractivity contribution < 1.29 is 20.3 Å². The summed E-state index contributed by atoms with van der Waals surface area (Å²) >= 11 is 0.570. The summed E-state index contributed by atoms with van der Waals surface area (Å²) < 4.78 is 13.9. The van der Waals surface area contributed by atoms with E-state index in [0.29, 0.717) is 23.8 Å². The highest BCUT2D eigenvalue weighted by atomic mass is 35.6. The van der Waals surface area contributed by atoms with Gasteiger partial charge in [-0.15, -0.1) is 4.29 Å². The maximum Gasteiger partial charge on any atom is 0.330 e. The van der Waals surface area contributed by atoms with Crippen LogP contribution in [0, 0.1) is 17.2 Å². The molecule has 0 unspecified atom stereocenters. The van der Waals surface area contributed by atoms with Crippen LogP contribution in [-0.2, 0) is 4.29 Å². The van der Waals surface area contributed by atoms with Crippen molar-refractivity contribution in [3.63, 3.8) is 0 Å². The quantitative estimate of drug-likeness (QED) is 0.528. The summed E-state index contributed by atoms with van der Waals surface area (Å²) in [5, 5.41) is 0. The Morgan fingerprint density at radius 3 is 2.43 bits per heavy atom. The van der Waals surface area contributed by atoms with Crippen molar-refractivity contribution in [2.24, 2.45) is 5.92 Å². The molecule has 0 saturated carbocycles. The summed E-state index contributed by atoms with van der Waals surface area (Å²) in [6, 6.07) is 0. The molecule has 0 aromatic rings. The third-order valence-corrected chi connectivity index (χ3v) is 0.656. The molecule has 0 N–H and O–H groups in total. The van der Waals surface area contributed by atoms with Crippen molar-refractivity contribution >= 4 is 0 Å². The van der Waals surface area contributed by atoms with Crippen molar-refractivity contribution in [3.05, 3.63) is 0 Å². The molecule has 0 fully saturated rings. The van der Waals surface area contributed by atoms with Crippen LogP contribution in [0.5, 0.6) is 0 Å². The molecule has 2 nitrogen and oxygen atoms in total. The first kappa shape index (κ1) is 7.21. The zero-order chi connectivity index (χ0) is 5.70. The fourth-order valence-corrected chi connectivity index (χ4v) is 0.455. The van der Waals surface area contributed by atoms with E-state index in [4.69, 9.17) is 0 Å². The predicted octanol–water partition coefficient (Wildman–Crippen LogP) is -0.0657. The Morgan fingerprint density at radius 2 is 2.29 bits per heavy atom. The predicted molar refractivity (Wildman–Crippen MR) is 20.8 cm³/mol. The van der Waals surface area contributed by atoms with Gasteiger partial charge < -0.3 is 4.66 Å². The van der Waals surface area contributed by atoms with Crippen molar-refractivity contribution in [3.8, 4) is 0 Å². The Kier molecular flexibility index (Phi) is 4.50. The van der Waals surface area contributed by atoms with E-state index in [1.165, 1.54) is 0 Å². The highest BCUT2D eigenvalue weighted by Crippen LogP contribution is 1.89. The van der Waals surface area contributed by atoms with Crippen molar-refractivity contribution in [1.82, 2.24) is 0 Å². The van der Waals surface area contributed by atoms with Gasteiger partial charge in [-0.3, -0.25) is 0 Å². The van der Waals surface area contributed by atoms with Crippen LogP contribution in [0.15, 0.2) is 0 Å². The van der Waals surface area contributed by atoms with Crippen LogP contribution in [0.2, 0.25) is 0 Å². The third kappa shape index (κ3) is 6.21. The number of hydrogen-bond acceptors (Lipinski definition) is 2. The van der Waals surface area contributed by atoms with Gasteiger partial charge in [0.25, 0.3) is 0 Å². The number of rotatable bonds is 3. The highest BCUT2D eigenvalue weighted by Gasteiger charge is 1.96. The molecule has 7 heavy (non-hydrogen) atoms. The van der Waals surface area contributed by atoms with Crippen LogP contribution in [0.1, 0.15) is 13.8 Å². The topological polar surface area (TPSA) is 32.3 Å². The summed E-state index contributed by atoms with van der Waals surface area (Å²) in [5.74, 6) is 0.446. The number of hydrogen-bond donors (Lipinski definition) is 0.